The third-order valence-corrected chi connectivity index (χ3v) is 3.83. The molecule has 2 amide bonds. The highest BCUT2D eigenvalue weighted by molar-refractivity contribution is 7.80. The number of hydrogen-bond donors (Lipinski definition) is 3. The second-order valence-corrected chi connectivity index (χ2v) is 7.54. The van der Waals surface area contributed by atoms with Crippen molar-refractivity contribution in [2.45, 2.75) is 20.8 Å². The maximum absolute atomic E-state index is 12.2. The predicted molar refractivity (Wildman–Crippen MR) is 110 cm³/mol. The van der Waals surface area contributed by atoms with Crippen LogP contribution < -0.4 is 16.0 Å². The number of rotatable bonds is 3. The molecular weight excluding hydrogens is 370 g/mol. The van der Waals surface area contributed by atoms with Gasteiger partial charge in [-0.05, 0) is 54.7 Å². The fourth-order valence-corrected chi connectivity index (χ4v) is 2.32. The number of nitrogens with one attached hydrogen (secondary N) is 3. The van der Waals surface area contributed by atoms with Crippen molar-refractivity contribution in [2.75, 3.05) is 10.6 Å². The van der Waals surface area contributed by atoms with E-state index >= 15 is 0 Å². The first-order valence-electron chi connectivity index (χ1n) is 7.94. The van der Waals surface area contributed by atoms with Crippen LogP contribution in [0.3, 0.4) is 0 Å². The van der Waals surface area contributed by atoms with Gasteiger partial charge in [0, 0.05) is 27.4 Å². The van der Waals surface area contributed by atoms with Gasteiger partial charge in [0.15, 0.2) is 5.11 Å². The van der Waals surface area contributed by atoms with Crippen LogP contribution in [0.25, 0.3) is 0 Å². The van der Waals surface area contributed by atoms with Crippen LogP contribution >= 0.6 is 23.8 Å². The molecule has 0 aromatic heterocycles. The van der Waals surface area contributed by atoms with Crippen molar-refractivity contribution in [1.82, 2.24) is 5.32 Å². The quantitative estimate of drug-likeness (QED) is 0.678. The van der Waals surface area contributed by atoms with E-state index in [1.165, 1.54) is 0 Å². The summed E-state index contributed by atoms with van der Waals surface area (Å²) in [5, 5.41) is 9.09. The zero-order valence-corrected chi connectivity index (χ0v) is 16.3. The third kappa shape index (κ3) is 5.82. The van der Waals surface area contributed by atoms with Gasteiger partial charge < -0.3 is 16.0 Å². The molecule has 2 aromatic rings. The molecule has 2 rings (SSSR count). The Balaban J connectivity index is 1.95. The first kappa shape index (κ1) is 19.9. The number of carbonyl (C=O) groups excluding carboxylic acids is 2. The standard InChI is InChI=1S/C19H20ClN3O2S/c1-19(2,3)17(25)23-18(26)22-15-9-7-14(8-10-15)21-16(24)12-5-4-6-13(20)11-12/h4-11H,1-3H3,(H,21,24)(H2,22,23,25,26). The Kier molecular flexibility index (Phi) is 6.34. The lowest BCUT2D eigenvalue weighted by atomic mass is 9.96. The second-order valence-electron chi connectivity index (χ2n) is 6.70. The van der Waals surface area contributed by atoms with Crippen LogP contribution in [0.1, 0.15) is 31.1 Å². The van der Waals surface area contributed by atoms with Crippen molar-refractivity contribution >= 4 is 52.1 Å². The molecule has 0 saturated heterocycles. The van der Waals surface area contributed by atoms with Gasteiger partial charge in [0.05, 0.1) is 0 Å². The van der Waals surface area contributed by atoms with Crippen LogP contribution in [0.2, 0.25) is 5.02 Å². The Labute approximate surface area is 163 Å². The minimum absolute atomic E-state index is 0.166. The summed E-state index contributed by atoms with van der Waals surface area (Å²) in [7, 11) is 0. The molecule has 0 aliphatic rings. The van der Waals surface area contributed by atoms with Gasteiger partial charge in [-0.1, -0.05) is 38.4 Å². The molecular formula is C19H20ClN3O2S. The van der Waals surface area contributed by atoms with E-state index in [4.69, 9.17) is 23.8 Å². The predicted octanol–water partition coefficient (Wildman–Crippen LogP) is 4.45. The number of halogens is 1. The zero-order valence-electron chi connectivity index (χ0n) is 14.7. The van der Waals surface area contributed by atoms with E-state index in [0.717, 1.165) is 0 Å². The molecule has 0 heterocycles. The second kappa shape index (κ2) is 8.29. The molecule has 0 aliphatic heterocycles. The molecule has 0 atom stereocenters. The topological polar surface area (TPSA) is 70.2 Å². The largest absolute Gasteiger partial charge is 0.332 e. The first-order chi connectivity index (χ1) is 12.1. The number of carbonyl (C=O) groups is 2. The molecule has 0 unspecified atom stereocenters. The van der Waals surface area contributed by atoms with Gasteiger partial charge in [-0.25, -0.2) is 0 Å². The van der Waals surface area contributed by atoms with E-state index in [2.05, 4.69) is 16.0 Å². The Hall–Kier alpha value is -2.44. The highest BCUT2D eigenvalue weighted by Crippen LogP contribution is 2.17. The molecule has 0 aliphatic carbocycles. The fourth-order valence-electron chi connectivity index (χ4n) is 1.92. The maximum atomic E-state index is 12.2. The molecule has 136 valence electrons. The lowest BCUT2D eigenvalue weighted by Crippen LogP contribution is -2.41. The molecule has 3 N–H and O–H groups in total. The normalized spacial score (nSPS) is 10.8. The zero-order chi connectivity index (χ0) is 19.3. The van der Waals surface area contributed by atoms with Gasteiger partial charge in [-0.15, -0.1) is 0 Å². The highest BCUT2D eigenvalue weighted by Gasteiger charge is 2.21. The molecule has 0 bridgehead atoms. The van der Waals surface area contributed by atoms with Crippen LogP contribution in [0.4, 0.5) is 11.4 Å². The molecule has 7 heteroatoms. The summed E-state index contributed by atoms with van der Waals surface area (Å²) in [5.41, 5.74) is 1.28. The van der Waals surface area contributed by atoms with Gasteiger partial charge in [0.2, 0.25) is 5.91 Å². The number of benzene rings is 2. The summed E-state index contributed by atoms with van der Waals surface area (Å²) in [5.74, 6) is -0.415. The molecule has 26 heavy (non-hydrogen) atoms. The minimum atomic E-state index is -0.528. The molecule has 0 saturated carbocycles. The minimum Gasteiger partial charge on any atom is -0.332 e. The lowest BCUT2D eigenvalue weighted by molar-refractivity contribution is -0.126. The van der Waals surface area contributed by atoms with E-state index in [-0.39, 0.29) is 16.9 Å². The molecule has 5 nitrogen and oxygen atoms in total. The first-order valence-corrected chi connectivity index (χ1v) is 8.73. The Bertz CT molecular complexity index is 829. The SMILES string of the molecule is CC(C)(C)C(=O)NC(=S)Nc1ccc(NC(=O)c2cccc(Cl)c2)cc1. The molecule has 0 fully saturated rings. The van der Waals surface area contributed by atoms with Crippen molar-refractivity contribution in [1.29, 1.82) is 0 Å². The average Bonchev–Trinajstić information content (AvgIpc) is 2.55. The summed E-state index contributed by atoms with van der Waals surface area (Å²) >= 11 is 11.0. The molecule has 2 aromatic carbocycles. The number of amides is 2. The van der Waals surface area contributed by atoms with Crippen LogP contribution in [-0.4, -0.2) is 16.9 Å². The van der Waals surface area contributed by atoms with E-state index in [1.54, 1.807) is 48.5 Å². The van der Waals surface area contributed by atoms with Crippen molar-refractivity contribution in [3.63, 3.8) is 0 Å². The van der Waals surface area contributed by atoms with Gasteiger partial charge in [-0.3, -0.25) is 9.59 Å². The Morgan fingerprint density at radius 2 is 1.54 bits per heavy atom. The van der Waals surface area contributed by atoms with Crippen LogP contribution in [-0.2, 0) is 4.79 Å². The van der Waals surface area contributed by atoms with Crippen molar-refractivity contribution in [3.05, 3.63) is 59.1 Å². The van der Waals surface area contributed by atoms with Crippen LogP contribution in [0, 0.1) is 5.41 Å². The smallest absolute Gasteiger partial charge is 0.255 e. The van der Waals surface area contributed by atoms with Crippen LogP contribution in [0.5, 0.6) is 0 Å². The van der Waals surface area contributed by atoms with Crippen molar-refractivity contribution in [3.8, 4) is 0 Å². The van der Waals surface area contributed by atoms with E-state index in [1.807, 2.05) is 20.8 Å². The van der Waals surface area contributed by atoms with E-state index < -0.39 is 5.41 Å². The Morgan fingerprint density at radius 1 is 0.962 bits per heavy atom. The monoisotopic (exact) mass is 389 g/mol. The summed E-state index contributed by atoms with van der Waals surface area (Å²) in [4.78, 5) is 24.1. The number of hydrogen-bond acceptors (Lipinski definition) is 3. The number of thiocarbonyl (C=S) groups is 1. The van der Waals surface area contributed by atoms with Gasteiger partial charge >= 0.3 is 0 Å². The van der Waals surface area contributed by atoms with Gasteiger partial charge in [-0.2, -0.15) is 0 Å². The fraction of sp³-hybridized carbons (Fsp3) is 0.211. The summed E-state index contributed by atoms with van der Waals surface area (Å²) in [6.07, 6.45) is 0. The maximum Gasteiger partial charge on any atom is 0.255 e. The van der Waals surface area contributed by atoms with Crippen molar-refractivity contribution in [2.24, 2.45) is 5.41 Å². The van der Waals surface area contributed by atoms with E-state index in [9.17, 15) is 9.59 Å². The van der Waals surface area contributed by atoms with Crippen LogP contribution in [0.15, 0.2) is 48.5 Å². The third-order valence-electron chi connectivity index (χ3n) is 3.40. The van der Waals surface area contributed by atoms with Gasteiger partial charge in [0.25, 0.3) is 5.91 Å². The summed E-state index contributed by atoms with van der Waals surface area (Å²) in [6, 6.07) is 13.7. The highest BCUT2D eigenvalue weighted by atomic mass is 35.5. The van der Waals surface area contributed by atoms with E-state index in [0.29, 0.717) is 22.0 Å². The van der Waals surface area contributed by atoms with Gasteiger partial charge in [0.1, 0.15) is 0 Å². The average molecular weight is 390 g/mol. The Morgan fingerprint density at radius 3 is 2.08 bits per heavy atom. The lowest BCUT2D eigenvalue weighted by Gasteiger charge is -2.18. The summed E-state index contributed by atoms with van der Waals surface area (Å²) < 4.78 is 0. The molecule has 0 radical (unpaired) electrons. The van der Waals surface area contributed by atoms with Crippen molar-refractivity contribution < 1.29 is 9.59 Å². The molecule has 0 spiro atoms. The summed E-state index contributed by atoms with van der Waals surface area (Å²) in [6.45, 7) is 5.42. The number of anilines is 2.